The van der Waals surface area contributed by atoms with Crippen LogP contribution in [0.4, 0.5) is 5.82 Å². The van der Waals surface area contributed by atoms with Crippen molar-refractivity contribution >= 4 is 51.7 Å². The predicted octanol–water partition coefficient (Wildman–Crippen LogP) is 4.04. The van der Waals surface area contributed by atoms with E-state index in [1.165, 1.54) is 21.7 Å². The maximum atomic E-state index is 13.5. The van der Waals surface area contributed by atoms with Crippen molar-refractivity contribution < 1.29 is 9.53 Å². The number of carbonyl (C=O) groups excluding carboxylic acids is 1. The average Bonchev–Trinajstić information content (AvgIpc) is 3.47. The molecule has 1 N–H and O–H groups in total. The molecule has 2 aliphatic rings. The van der Waals surface area contributed by atoms with Gasteiger partial charge in [0.15, 0.2) is 0 Å². The van der Waals surface area contributed by atoms with Gasteiger partial charge >= 0.3 is 0 Å². The lowest BCUT2D eigenvalue weighted by Crippen LogP contribution is -2.35. The van der Waals surface area contributed by atoms with Gasteiger partial charge in [0.05, 0.1) is 23.1 Å². The Labute approximate surface area is 213 Å². The zero-order valence-electron chi connectivity index (χ0n) is 19.4. The molecule has 1 unspecified atom stereocenters. The van der Waals surface area contributed by atoms with E-state index in [9.17, 15) is 9.59 Å². The molecule has 2 aromatic heterocycles. The summed E-state index contributed by atoms with van der Waals surface area (Å²) in [7, 11) is 0. The highest BCUT2D eigenvalue weighted by atomic mass is 32.2. The second-order valence-corrected chi connectivity index (χ2v) is 10.3. The maximum Gasteiger partial charge on any atom is 0.267 e. The van der Waals surface area contributed by atoms with Crippen LogP contribution in [-0.2, 0) is 16.0 Å². The van der Waals surface area contributed by atoms with Crippen LogP contribution in [0, 0.1) is 6.92 Å². The predicted molar refractivity (Wildman–Crippen MR) is 144 cm³/mol. The van der Waals surface area contributed by atoms with E-state index in [1.54, 1.807) is 17.2 Å². The third kappa shape index (κ3) is 5.03. The van der Waals surface area contributed by atoms with Crippen molar-refractivity contribution in [2.45, 2.75) is 32.3 Å². The number of ether oxygens (including phenoxy) is 1. The summed E-state index contributed by atoms with van der Waals surface area (Å²) in [6.07, 6.45) is 6.02. The maximum absolute atomic E-state index is 13.5. The number of nitrogens with one attached hydrogen (secondary N) is 1. The number of pyridine rings is 1. The number of hydrogen-bond donors (Lipinski definition) is 1. The number of benzene rings is 1. The summed E-state index contributed by atoms with van der Waals surface area (Å²) >= 11 is 6.70. The van der Waals surface area contributed by atoms with Crippen molar-refractivity contribution in [3.05, 3.63) is 80.6 Å². The second-order valence-electron chi connectivity index (χ2n) is 8.65. The average molecular weight is 507 g/mol. The van der Waals surface area contributed by atoms with E-state index in [0.717, 1.165) is 24.8 Å². The fraction of sp³-hybridized carbons (Fsp3) is 0.308. The minimum absolute atomic E-state index is 0.00278. The van der Waals surface area contributed by atoms with Crippen LogP contribution in [0.5, 0.6) is 0 Å². The third-order valence-electron chi connectivity index (χ3n) is 6.19. The van der Waals surface area contributed by atoms with Crippen molar-refractivity contribution in [2.75, 3.05) is 25.0 Å². The topological polar surface area (TPSA) is 75.9 Å². The summed E-state index contributed by atoms with van der Waals surface area (Å²) in [6.45, 7) is 3.68. The first kappa shape index (κ1) is 23.7. The molecular formula is C26H26N4O3S2. The van der Waals surface area contributed by atoms with Gasteiger partial charge in [-0.3, -0.25) is 18.9 Å². The van der Waals surface area contributed by atoms with Gasteiger partial charge < -0.3 is 10.1 Å². The van der Waals surface area contributed by atoms with Crippen LogP contribution in [-0.4, -0.2) is 50.3 Å². The number of aromatic nitrogens is 2. The summed E-state index contributed by atoms with van der Waals surface area (Å²) < 4.78 is 7.70. The number of fused-ring (bicyclic) bond motifs is 1. The SMILES string of the molecule is Cc1cccn2c(=O)c(/C=C3\SC(=S)N(CC4CCCO4)C3=O)c(NCCc3ccccc3)nc12. The molecular weight excluding hydrogens is 480 g/mol. The van der Waals surface area contributed by atoms with Crippen molar-refractivity contribution in [1.29, 1.82) is 0 Å². The minimum Gasteiger partial charge on any atom is -0.376 e. The Balaban J connectivity index is 1.48. The van der Waals surface area contributed by atoms with Gasteiger partial charge in [0.2, 0.25) is 0 Å². The van der Waals surface area contributed by atoms with Crippen LogP contribution in [0.3, 0.4) is 0 Å². The smallest absolute Gasteiger partial charge is 0.267 e. The van der Waals surface area contributed by atoms with E-state index in [1.807, 2.05) is 37.3 Å². The van der Waals surface area contributed by atoms with E-state index in [2.05, 4.69) is 17.4 Å². The molecule has 2 aliphatic heterocycles. The van der Waals surface area contributed by atoms with Crippen LogP contribution in [0.2, 0.25) is 0 Å². The van der Waals surface area contributed by atoms with E-state index < -0.39 is 0 Å². The molecule has 1 atom stereocenters. The summed E-state index contributed by atoms with van der Waals surface area (Å²) in [6, 6.07) is 13.9. The Kier molecular flexibility index (Phi) is 6.99. The van der Waals surface area contributed by atoms with Gasteiger partial charge in [0.25, 0.3) is 11.5 Å². The highest BCUT2D eigenvalue weighted by molar-refractivity contribution is 8.26. The van der Waals surface area contributed by atoms with Crippen LogP contribution < -0.4 is 10.9 Å². The minimum atomic E-state index is -0.231. The highest BCUT2D eigenvalue weighted by Gasteiger charge is 2.35. The fourth-order valence-corrected chi connectivity index (χ4v) is 5.58. The Morgan fingerprint density at radius 1 is 1.23 bits per heavy atom. The van der Waals surface area contributed by atoms with E-state index in [4.69, 9.17) is 21.9 Å². The molecule has 180 valence electrons. The fourth-order valence-electron chi connectivity index (χ4n) is 4.33. The van der Waals surface area contributed by atoms with Crippen molar-refractivity contribution in [3.8, 4) is 0 Å². The first-order chi connectivity index (χ1) is 17.0. The summed E-state index contributed by atoms with van der Waals surface area (Å²) in [5.41, 5.74) is 2.78. The van der Waals surface area contributed by atoms with E-state index in [0.29, 0.717) is 46.0 Å². The molecule has 1 aromatic carbocycles. The number of carbonyl (C=O) groups is 1. The van der Waals surface area contributed by atoms with Gasteiger partial charge in [-0.05, 0) is 49.5 Å². The lowest BCUT2D eigenvalue weighted by atomic mass is 10.1. The van der Waals surface area contributed by atoms with Gasteiger partial charge in [-0.15, -0.1) is 0 Å². The third-order valence-corrected chi connectivity index (χ3v) is 7.57. The van der Waals surface area contributed by atoms with E-state index >= 15 is 0 Å². The number of amides is 1. The lowest BCUT2D eigenvalue weighted by molar-refractivity contribution is -0.123. The Bertz CT molecular complexity index is 1360. The molecule has 2 saturated heterocycles. The summed E-state index contributed by atoms with van der Waals surface area (Å²) in [4.78, 5) is 33.5. The number of thiocarbonyl (C=S) groups is 1. The van der Waals surface area contributed by atoms with Crippen molar-refractivity contribution in [1.82, 2.24) is 14.3 Å². The van der Waals surface area contributed by atoms with Gasteiger partial charge in [0.1, 0.15) is 15.8 Å². The number of rotatable bonds is 7. The van der Waals surface area contributed by atoms with Gasteiger partial charge in [-0.1, -0.05) is 60.4 Å². The Hall–Kier alpha value is -3.01. The molecule has 7 nitrogen and oxygen atoms in total. The van der Waals surface area contributed by atoms with Crippen molar-refractivity contribution in [2.24, 2.45) is 0 Å². The molecule has 0 saturated carbocycles. The van der Waals surface area contributed by atoms with E-state index in [-0.39, 0.29) is 17.6 Å². The summed E-state index contributed by atoms with van der Waals surface area (Å²) in [5.74, 6) is 0.268. The molecule has 5 rings (SSSR count). The molecule has 0 spiro atoms. The van der Waals surface area contributed by atoms with Crippen LogP contribution in [0.15, 0.2) is 58.4 Å². The van der Waals surface area contributed by atoms with Gasteiger partial charge in [0, 0.05) is 19.3 Å². The lowest BCUT2D eigenvalue weighted by Gasteiger charge is -2.18. The monoisotopic (exact) mass is 506 g/mol. The molecule has 0 bridgehead atoms. The zero-order chi connectivity index (χ0) is 24.4. The number of nitrogens with zero attached hydrogens (tertiary/aromatic N) is 3. The first-order valence-corrected chi connectivity index (χ1v) is 12.9. The van der Waals surface area contributed by atoms with Gasteiger partial charge in [-0.25, -0.2) is 4.98 Å². The number of anilines is 1. The quantitative estimate of drug-likeness (QED) is 0.383. The van der Waals surface area contributed by atoms with Crippen LogP contribution in [0.25, 0.3) is 11.7 Å². The number of thioether (sulfide) groups is 1. The Morgan fingerprint density at radius 2 is 2.06 bits per heavy atom. The Morgan fingerprint density at radius 3 is 2.83 bits per heavy atom. The molecule has 3 aromatic rings. The highest BCUT2D eigenvalue weighted by Crippen LogP contribution is 2.34. The largest absolute Gasteiger partial charge is 0.376 e. The van der Waals surface area contributed by atoms with Crippen LogP contribution in [0.1, 0.15) is 29.5 Å². The van der Waals surface area contributed by atoms with Crippen molar-refractivity contribution in [3.63, 3.8) is 0 Å². The first-order valence-electron chi connectivity index (χ1n) is 11.7. The molecule has 1 amide bonds. The normalized spacial score (nSPS) is 19.3. The number of aryl methyl sites for hydroxylation is 1. The molecule has 35 heavy (non-hydrogen) atoms. The molecule has 2 fully saturated rings. The number of hydrogen-bond acceptors (Lipinski definition) is 7. The standard InChI is InChI=1S/C26H26N4O3S2/c1-17-7-5-13-29-23(17)28-22(27-12-11-18-8-3-2-4-9-18)20(24(29)31)15-21-25(32)30(26(34)35-21)16-19-10-6-14-33-19/h2-5,7-9,13,15,19,27H,6,10-12,14,16H2,1H3/b21-15-. The molecule has 9 heteroatoms. The van der Waals surface area contributed by atoms with Gasteiger partial charge in [-0.2, -0.15) is 0 Å². The molecule has 4 heterocycles. The zero-order valence-corrected chi connectivity index (χ0v) is 21.0. The summed E-state index contributed by atoms with van der Waals surface area (Å²) in [5, 5.41) is 3.34. The molecule has 0 aliphatic carbocycles. The second kappa shape index (κ2) is 10.3. The van der Waals surface area contributed by atoms with Crippen LogP contribution >= 0.6 is 24.0 Å². The molecule has 0 radical (unpaired) electrons.